The third-order valence-electron chi connectivity index (χ3n) is 1.49. The van der Waals surface area contributed by atoms with Crippen LogP contribution < -0.4 is 0 Å². The van der Waals surface area contributed by atoms with Crippen molar-refractivity contribution < 1.29 is 4.39 Å². The van der Waals surface area contributed by atoms with Crippen molar-refractivity contribution in [1.82, 2.24) is 0 Å². The van der Waals surface area contributed by atoms with Gasteiger partial charge in [0.2, 0.25) is 0 Å². The van der Waals surface area contributed by atoms with Gasteiger partial charge in [-0.25, -0.2) is 4.39 Å². The van der Waals surface area contributed by atoms with Crippen LogP contribution in [0.4, 0.5) is 4.39 Å². The van der Waals surface area contributed by atoms with Gasteiger partial charge in [-0.05, 0) is 25.8 Å². The molecule has 0 saturated carbocycles. The second-order valence-corrected chi connectivity index (χ2v) is 2.82. The molecule has 12 heavy (non-hydrogen) atoms. The molecule has 0 aliphatic heterocycles. The molecule has 0 aliphatic rings. The molecule has 0 nitrogen and oxygen atoms in total. The quantitative estimate of drug-likeness (QED) is 0.538. The van der Waals surface area contributed by atoms with Gasteiger partial charge in [-0.2, -0.15) is 0 Å². The van der Waals surface area contributed by atoms with Crippen LogP contribution in [0.1, 0.15) is 41.5 Å². The van der Waals surface area contributed by atoms with Crippen LogP contribution in [0.15, 0.2) is 23.6 Å². The van der Waals surface area contributed by atoms with E-state index in [-0.39, 0.29) is 5.83 Å². The Bertz CT molecular complexity index is 148. The van der Waals surface area contributed by atoms with E-state index in [0.29, 0.717) is 5.92 Å². The van der Waals surface area contributed by atoms with E-state index in [9.17, 15) is 4.39 Å². The van der Waals surface area contributed by atoms with E-state index < -0.39 is 0 Å². The van der Waals surface area contributed by atoms with Gasteiger partial charge in [-0.15, -0.1) is 0 Å². The molecular weight excluding hydrogens is 151 g/mol. The number of hydrogen-bond donors (Lipinski definition) is 0. The zero-order valence-corrected chi connectivity index (χ0v) is 9.11. The van der Waals surface area contributed by atoms with Crippen molar-refractivity contribution in [3.05, 3.63) is 23.6 Å². The van der Waals surface area contributed by atoms with Crippen LogP contribution in [-0.2, 0) is 0 Å². The molecule has 0 radical (unpaired) electrons. The molecule has 0 amide bonds. The maximum absolute atomic E-state index is 12.1. The first-order valence-corrected chi connectivity index (χ1v) is 4.54. The van der Waals surface area contributed by atoms with E-state index >= 15 is 0 Å². The highest BCUT2D eigenvalue weighted by atomic mass is 19.1. The Kier molecular flexibility index (Phi) is 9.90. The number of halogens is 1. The minimum Gasteiger partial charge on any atom is -0.212 e. The van der Waals surface area contributed by atoms with E-state index in [4.69, 9.17) is 0 Å². The average Bonchev–Trinajstić information content (AvgIpc) is 2.03. The lowest BCUT2D eigenvalue weighted by Gasteiger charge is -2.01. The van der Waals surface area contributed by atoms with Gasteiger partial charge in [0, 0.05) is 0 Å². The minimum absolute atomic E-state index is 0.139. The third-order valence-corrected chi connectivity index (χ3v) is 1.49. The normalized spacial score (nSPS) is 12.7. The highest BCUT2D eigenvalue weighted by molar-refractivity contribution is 5.13. The van der Waals surface area contributed by atoms with Crippen LogP contribution in [0.25, 0.3) is 0 Å². The van der Waals surface area contributed by atoms with Crippen molar-refractivity contribution in [3.8, 4) is 0 Å². The van der Waals surface area contributed by atoms with Gasteiger partial charge in [-0.1, -0.05) is 39.3 Å². The number of allylic oxidation sites excluding steroid dienone is 4. The summed E-state index contributed by atoms with van der Waals surface area (Å²) in [6, 6.07) is 0. The molecule has 0 aliphatic carbocycles. The third kappa shape index (κ3) is 9.41. The van der Waals surface area contributed by atoms with Crippen molar-refractivity contribution in [1.29, 1.82) is 0 Å². The molecule has 0 spiro atoms. The largest absolute Gasteiger partial charge is 0.212 e. The van der Waals surface area contributed by atoms with Crippen molar-refractivity contribution in [2.24, 2.45) is 5.92 Å². The standard InChI is InChI=1S/C9H15F.C2H6/c1-7(2)8(3)5-6-9(4)10;1-2/h5-7H,1-4H3;1-2H3/b8-5+,9-6+;. The summed E-state index contributed by atoms with van der Waals surface area (Å²) in [5.41, 5.74) is 1.21. The molecule has 0 saturated heterocycles. The molecule has 0 atom stereocenters. The molecule has 0 bridgehead atoms. The first-order chi connectivity index (χ1) is 5.54. The monoisotopic (exact) mass is 172 g/mol. The first kappa shape index (κ1) is 14.0. The van der Waals surface area contributed by atoms with Crippen LogP contribution in [0.5, 0.6) is 0 Å². The van der Waals surface area contributed by atoms with E-state index in [0.717, 1.165) is 0 Å². The molecular formula is C11H21F. The van der Waals surface area contributed by atoms with Crippen molar-refractivity contribution in [2.75, 3.05) is 0 Å². The lowest BCUT2D eigenvalue weighted by Crippen LogP contribution is -1.86. The van der Waals surface area contributed by atoms with Gasteiger partial charge in [0.05, 0.1) is 5.83 Å². The number of rotatable bonds is 2. The fraction of sp³-hybridized carbons (Fsp3) is 0.636. The van der Waals surface area contributed by atoms with Gasteiger partial charge in [0.15, 0.2) is 0 Å². The predicted molar refractivity (Wildman–Crippen MR) is 54.8 cm³/mol. The maximum atomic E-state index is 12.1. The lowest BCUT2D eigenvalue weighted by molar-refractivity contribution is 0.640. The Morgan fingerprint density at radius 2 is 1.50 bits per heavy atom. The fourth-order valence-electron chi connectivity index (χ4n) is 0.439. The lowest BCUT2D eigenvalue weighted by atomic mass is 10.1. The van der Waals surface area contributed by atoms with E-state index in [1.165, 1.54) is 18.6 Å². The van der Waals surface area contributed by atoms with Crippen LogP contribution in [0.2, 0.25) is 0 Å². The summed E-state index contributed by atoms with van der Waals surface area (Å²) in [7, 11) is 0. The molecule has 0 unspecified atom stereocenters. The molecule has 0 N–H and O–H groups in total. The summed E-state index contributed by atoms with van der Waals surface area (Å²) >= 11 is 0. The van der Waals surface area contributed by atoms with Crippen LogP contribution >= 0.6 is 0 Å². The summed E-state index contributed by atoms with van der Waals surface area (Å²) in [5, 5.41) is 0. The minimum atomic E-state index is -0.139. The maximum Gasteiger partial charge on any atom is 0.0968 e. The van der Waals surface area contributed by atoms with E-state index in [2.05, 4.69) is 13.8 Å². The Hall–Kier alpha value is -0.590. The van der Waals surface area contributed by atoms with Gasteiger partial charge in [0.1, 0.15) is 0 Å². The molecule has 0 aromatic heterocycles. The van der Waals surface area contributed by atoms with Gasteiger partial charge in [0.25, 0.3) is 0 Å². The zero-order valence-electron chi connectivity index (χ0n) is 9.11. The SMILES string of the molecule is C/C(F)=C\C=C(/C)C(C)C.CC. The molecule has 0 aromatic carbocycles. The van der Waals surface area contributed by atoms with Crippen molar-refractivity contribution in [3.63, 3.8) is 0 Å². The Morgan fingerprint density at radius 1 is 1.08 bits per heavy atom. The molecule has 1 heteroatoms. The topological polar surface area (TPSA) is 0 Å². The highest BCUT2D eigenvalue weighted by Crippen LogP contribution is 2.08. The Labute approximate surface area is 76.2 Å². The predicted octanol–water partition coefficient (Wildman–Crippen LogP) is 4.49. The summed E-state index contributed by atoms with van der Waals surface area (Å²) in [6.45, 7) is 11.6. The highest BCUT2D eigenvalue weighted by Gasteiger charge is 1.92. The summed E-state index contributed by atoms with van der Waals surface area (Å²) in [6.07, 6.45) is 3.31. The second-order valence-electron chi connectivity index (χ2n) is 2.82. The van der Waals surface area contributed by atoms with Crippen LogP contribution in [0.3, 0.4) is 0 Å². The fourth-order valence-corrected chi connectivity index (χ4v) is 0.439. The summed E-state index contributed by atoms with van der Waals surface area (Å²) in [4.78, 5) is 0. The zero-order chi connectivity index (χ0) is 10.1. The van der Waals surface area contributed by atoms with E-state index in [1.807, 2.05) is 26.8 Å². The molecule has 72 valence electrons. The van der Waals surface area contributed by atoms with E-state index in [1.54, 1.807) is 0 Å². The van der Waals surface area contributed by atoms with Gasteiger partial charge in [-0.3, -0.25) is 0 Å². The summed E-state index contributed by atoms with van der Waals surface area (Å²) in [5.74, 6) is 0.371. The van der Waals surface area contributed by atoms with Crippen LogP contribution in [0, 0.1) is 5.92 Å². The average molecular weight is 172 g/mol. The Morgan fingerprint density at radius 3 is 1.75 bits per heavy atom. The molecule has 0 fully saturated rings. The van der Waals surface area contributed by atoms with Gasteiger partial charge >= 0.3 is 0 Å². The molecule has 0 aromatic rings. The smallest absolute Gasteiger partial charge is 0.0968 e. The van der Waals surface area contributed by atoms with Crippen molar-refractivity contribution >= 4 is 0 Å². The van der Waals surface area contributed by atoms with Crippen LogP contribution in [-0.4, -0.2) is 0 Å². The first-order valence-electron chi connectivity index (χ1n) is 4.54. The Balaban J connectivity index is 0. The molecule has 0 heterocycles. The second kappa shape index (κ2) is 8.51. The molecule has 0 rings (SSSR count). The number of hydrogen-bond acceptors (Lipinski definition) is 0. The van der Waals surface area contributed by atoms with Crippen molar-refractivity contribution in [2.45, 2.75) is 41.5 Å². The summed E-state index contributed by atoms with van der Waals surface area (Å²) < 4.78 is 12.1. The van der Waals surface area contributed by atoms with Gasteiger partial charge < -0.3 is 0 Å².